The van der Waals surface area contributed by atoms with Crippen LogP contribution < -0.4 is 0 Å². The Bertz CT molecular complexity index is 605. The smallest absolute Gasteiger partial charge is 0.132 e. The highest BCUT2D eigenvalue weighted by atomic mass is 32.2. The van der Waals surface area contributed by atoms with Crippen LogP contribution in [0.5, 0.6) is 11.5 Å². The summed E-state index contributed by atoms with van der Waals surface area (Å²) >= 11 is 1.43. The number of phenols is 2. The SMILES string of the molecule is CCc1cc(C)c(O)c(Sc2cc(CC)cc(C)c2O)c1. The normalized spacial score (nSPS) is 10.9. The van der Waals surface area contributed by atoms with E-state index >= 15 is 0 Å². The highest BCUT2D eigenvalue weighted by Crippen LogP contribution is 2.42. The lowest BCUT2D eigenvalue weighted by molar-refractivity contribution is 0.455. The second kappa shape index (κ2) is 6.44. The van der Waals surface area contributed by atoms with Crippen molar-refractivity contribution in [3.8, 4) is 11.5 Å². The summed E-state index contributed by atoms with van der Waals surface area (Å²) in [4.78, 5) is 1.60. The van der Waals surface area contributed by atoms with E-state index in [1.807, 2.05) is 38.1 Å². The molecule has 0 saturated heterocycles. The van der Waals surface area contributed by atoms with E-state index in [1.165, 1.54) is 22.9 Å². The fraction of sp³-hybridized carbons (Fsp3) is 0.333. The molecular formula is C18H22O2S. The molecule has 2 aromatic carbocycles. The van der Waals surface area contributed by atoms with Crippen LogP contribution in [0.1, 0.15) is 36.1 Å². The molecule has 0 aliphatic carbocycles. The molecule has 3 heteroatoms. The third kappa shape index (κ3) is 3.35. The summed E-state index contributed by atoms with van der Waals surface area (Å²) in [6.45, 7) is 8.01. The molecule has 0 heterocycles. The molecule has 21 heavy (non-hydrogen) atoms. The number of phenolic OH excluding ortho intramolecular Hbond substituents is 2. The summed E-state index contributed by atoms with van der Waals surface area (Å²) in [7, 11) is 0. The second-order valence-corrected chi connectivity index (χ2v) is 6.41. The lowest BCUT2D eigenvalue weighted by atomic mass is 10.1. The molecule has 0 bridgehead atoms. The van der Waals surface area contributed by atoms with Crippen molar-refractivity contribution in [2.75, 3.05) is 0 Å². The van der Waals surface area contributed by atoms with Crippen molar-refractivity contribution in [1.82, 2.24) is 0 Å². The molecule has 0 fully saturated rings. The Kier molecular flexibility index (Phi) is 4.84. The number of hydrogen-bond acceptors (Lipinski definition) is 3. The zero-order valence-corrected chi connectivity index (χ0v) is 13.8. The van der Waals surface area contributed by atoms with Crippen LogP contribution in [-0.2, 0) is 12.8 Å². The van der Waals surface area contributed by atoms with Crippen LogP contribution in [0.25, 0.3) is 0 Å². The predicted molar refractivity (Wildman–Crippen MR) is 88.6 cm³/mol. The Morgan fingerprint density at radius 3 is 1.48 bits per heavy atom. The average Bonchev–Trinajstić information content (AvgIpc) is 2.47. The molecule has 2 nitrogen and oxygen atoms in total. The summed E-state index contributed by atoms with van der Waals surface area (Å²) in [5, 5.41) is 20.5. The number of aromatic hydroxyl groups is 2. The van der Waals surface area contributed by atoms with Gasteiger partial charge in [-0.1, -0.05) is 37.7 Å². The van der Waals surface area contributed by atoms with Crippen LogP contribution in [0, 0.1) is 13.8 Å². The van der Waals surface area contributed by atoms with Gasteiger partial charge in [0, 0.05) is 0 Å². The molecule has 0 radical (unpaired) electrons. The fourth-order valence-corrected chi connectivity index (χ4v) is 3.49. The van der Waals surface area contributed by atoms with Gasteiger partial charge in [0.15, 0.2) is 0 Å². The van der Waals surface area contributed by atoms with Gasteiger partial charge in [-0.15, -0.1) is 0 Å². The van der Waals surface area contributed by atoms with Crippen molar-refractivity contribution in [2.24, 2.45) is 0 Å². The van der Waals surface area contributed by atoms with Gasteiger partial charge in [-0.25, -0.2) is 0 Å². The highest BCUT2D eigenvalue weighted by Gasteiger charge is 2.13. The van der Waals surface area contributed by atoms with Gasteiger partial charge in [-0.2, -0.15) is 0 Å². The first-order valence-electron chi connectivity index (χ1n) is 7.29. The Labute approximate surface area is 130 Å². The molecule has 0 aliphatic heterocycles. The first kappa shape index (κ1) is 15.8. The molecule has 2 rings (SSSR count). The molecule has 0 spiro atoms. The van der Waals surface area contributed by atoms with Crippen molar-refractivity contribution in [1.29, 1.82) is 0 Å². The summed E-state index contributed by atoms with van der Waals surface area (Å²) in [6, 6.07) is 8.01. The van der Waals surface area contributed by atoms with Crippen LogP contribution in [0.4, 0.5) is 0 Å². The maximum Gasteiger partial charge on any atom is 0.132 e. The molecular weight excluding hydrogens is 280 g/mol. The maximum absolute atomic E-state index is 10.3. The van der Waals surface area contributed by atoms with E-state index in [0.717, 1.165) is 33.8 Å². The van der Waals surface area contributed by atoms with Crippen molar-refractivity contribution in [3.05, 3.63) is 46.5 Å². The fourth-order valence-electron chi connectivity index (χ4n) is 2.32. The van der Waals surface area contributed by atoms with Gasteiger partial charge >= 0.3 is 0 Å². The topological polar surface area (TPSA) is 40.5 Å². The van der Waals surface area contributed by atoms with E-state index < -0.39 is 0 Å². The number of hydrogen-bond donors (Lipinski definition) is 2. The summed E-state index contributed by atoms with van der Waals surface area (Å²) in [6.07, 6.45) is 1.85. The van der Waals surface area contributed by atoms with E-state index in [9.17, 15) is 10.2 Å². The Morgan fingerprint density at radius 1 is 0.762 bits per heavy atom. The van der Waals surface area contributed by atoms with E-state index in [1.54, 1.807) is 0 Å². The number of benzene rings is 2. The van der Waals surface area contributed by atoms with Crippen LogP contribution in [0.3, 0.4) is 0 Å². The molecule has 2 aromatic rings. The Morgan fingerprint density at radius 2 is 1.14 bits per heavy atom. The lowest BCUT2D eigenvalue weighted by Gasteiger charge is -2.13. The quantitative estimate of drug-likeness (QED) is 0.836. The van der Waals surface area contributed by atoms with Gasteiger partial charge in [0.25, 0.3) is 0 Å². The van der Waals surface area contributed by atoms with E-state index in [0.29, 0.717) is 11.5 Å². The first-order valence-corrected chi connectivity index (χ1v) is 8.10. The minimum absolute atomic E-state index is 0.302. The Balaban J connectivity index is 2.47. The predicted octanol–water partition coefficient (Wildman–Crippen LogP) is 4.99. The van der Waals surface area contributed by atoms with E-state index in [4.69, 9.17) is 0 Å². The second-order valence-electron chi connectivity index (χ2n) is 5.33. The van der Waals surface area contributed by atoms with Gasteiger partial charge in [-0.05, 0) is 61.1 Å². The minimum Gasteiger partial charge on any atom is -0.506 e. The summed E-state index contributed by atoms with van der Waals surface area (Å²) < 4.78 is 0. The Hall–Kier alpha value is -1.61. The van der Waals surface area contributed by atoms with Crippen LogP contribution in [-0.4, -0.2) is 10.2 Å². The van der Waals surface area contributed by atoms with Crippen molar-refractivity contribution >= 4 is 11.8 Å². The molecule has 0 aromatic heterocycles. The highest BCUT2D eigenvalue weighted by molar-refractivity contribution is 7.99. The molecule has 0 unspecified atom stereocenters. The molecule has 112 valence electrons. The monoisotopic (exact) mass is 302 g/mol. The molecule has 0 saturated carbocycles. The molecule has 0 amide bonds. The minimum atomic E-state index is 0.302. The van der Waals surface area contributed by atoms with Crippen LogP contribution in [0.2, 0.25) is 0 Å². The van der Waals surface area contributed by atoms with Gasteiger partial charge in [0.1, 0.15) is 11.5 Å². The van der Waals surface area contributed by atoms with Crippen molar-refractivity contribution in [2.45, 2.75) is 50.3 Å². The van der Waals surface area contributed by atoms with E-state index in [-0.39, 0.29) is 0 Å². The van der Waals surface area contributed by atoms with Crippen LogP contribution >= 0.6 is 11.8 Å². The lowest BCUT2D eigenvalue weighted by Crippen LogP contribution is -1.89. The van der Waals surface area contributed by atoms with E-state index in [2.05, 4.69) is 13.8 Å². The van der Waals surface area contributed by atoms with Crippen molar-refractivity contribution in [3.63, 3.8) is 0 Å². The van der Waals surface area contributed by atoms with Crippen molar-refractivity contribution < 1.29 is 10.2 Å². The van der Waals surface area contributed by atoms with Gasteiger partial charge in [0.05, 0.1) is 9.79 Å². The summed E-state index contributed by atoms with van der Waals surface area (Å²) in [5.74, 6) is 0.604. The number of rotatable bonds is 4. The van der Waals surface area contributed by atoms with Gasteiger partial charge in [0.2, 0.25) is 0 Å². The van der Waals surface area contributed by atoms with Gasteiger partial charge < -0.3 is 10.2 Å². The molecule has 0 atom stereocenters. The zero-order valence-electron chi connectivity index (χ0n) is 13.0. The van der Waals surface area contributed by atoms with Crippen LogP contribution in [0.15, 0.2) is 34.1 Å². The third-order valence-electron chi connectivity index (χ3n) is 3.69. The zero-order chi connectivity index (χ0) is 15.6. The average molecular weight is 302 g/mol. The first-order chi connectivity index (χ1) is 9.96. The largest absolute Gasteiger partial charge is 0.506 e. The molecule has 0 aliphatic rings. The maximum atomic E-state index is 10.3. The standard InChI is InChI=1S/C18H22O2S/c1-5-13-7-11(3)17(19)15(9-13)21-16-10-14(6-2)8-12(4)18(16)20/h7-10,19-20H,5-6H2,1-4H3. The number of aryl methyl sites for hydroxylation is 4. The van der Waals surface area contributed by atoms with Gasteiger partial charge in [-0.3, -0.25) is 0 Å². The summed E-state index contributed by atoms with van der Waals surface area (Å²) in [5.41, 5.74) is 4.13. The molecule has 2 N–H and O–H groups in total. The third-order valence-corrected chi connectivity index (χ3v) is 4.75.